The molecule has 0 aromatic rings. The minimum absolute atomic E-state index is 0.0244. The molecule has 1 aliphatic heterocycles. The lowest BCUT2D eigenvalue weighted by molar-refractivity contribution is -0.122. The fourth-order valence-electron chi connectivity index (χ4n) is 1.40. The molecule has 0 saturated carbocycles. The maximum atomic E-state index is 11.8. The molecule has 0 spiro atoms. The maximum Gasteiger partial charge on any atom is 0.441 e. The largest absolute Gasteiger partial charge is 0.441 e. The lowest BCUT2D eigenvalue weighted by Crippen LogP contribution is -2.44. The van der Waals surface area contributed by atoms with Crippen molar-refractivity contribution in [1.29, 1.82) is 0 Å². The average molecular weight is 272 g/mol. The second-order valence-corrected chi connectivity index (χ2v) is 4.73. The second kappa shape index (κ2) is 7.07. The second-order valence-electron chi connectivity index (χ2n) is 3.57. The molecule has 17 heavy (non-hydrogen) atoms. The number of halogens is 3. The molecule has 1 saturated heterocycles. The van der Waals surface area contributed by atoms with Crippen LogP contribution in [0.3, 0.4) is 0 Å². The number of nitrogens with one attached hydrogen (secondary N) is 2. The van der Waals surface area contributed by atoms with Crippen molar-refractivity contribution in [2.24, 2.45) is 0 Å². The fraction of sp³-hybridized carbons (Fsp3) is 0.889. The molecule has 1 heterocycles. The normalized spacial score (nSPS) is 21.2. The van der Waals surface area contributed by atoms with E-state index in [-0.39, 0.29) is 42.4 Å². The average Bonchev–Trinajstić information content (AvgIpc) is 2.25. The Labute approximate surface area is 102 Å². The smallest absolute Gasteiger partial charge is 0.378 e. The lowest BCUT2D eigenvalue weighted by atomic mass is 10.2. The minimum Gasteiger partial charge on any atom is -0.378 e. The van der Waals surface area contributed by atoms with Crippen LogP contribution in [0.4, 0.5) is 13.2 Å². The van der Waals surface area contributed by atoms with Gasteiger partial charge in [-0.15, -0.1) is 0 Å². The number of carbonyl (C=O) groups is 1. The number of thioether (sulfide) groups is 1. The van der Waals surface area contributed by atoms with E-state index in [2.05, 4.69) is 10.6 Å². The maximum absolute atomic E-state index is 11.8. The van der Waals surface area contributed by atoms with Crippen LogP contribution in [-0.4, -0.2) is 49.5 Å². The van der Waals surface area contributed by atoms with Crippen LogP contribution in [0, 0.1) is 0 Å². The molecule has 1 aliphatic rings. The highest BCUT2D eigenvalue weighted by Gasteiger charge is 2.27. The number of alkyl halides is 3. The molecule has 8 heteroatoms. The van der Waals surface area contributed by atoms with Crippen molar-refractivity contribution in [3.05, 3.63) is 0 Å². The molecule has 1 atom stereocenters. The van der Waals surface area contributed by atoms with E-state index in [0.29, 0.717) is 19.8 Å². The first-order valence-corrected chi connectivity index (χ1v) is 6.24. The van der Waals surface area contributed by atoms with Gasteiger partial charge in [-0.1, -0.05) is 0 Å². The Kier molecular flexibility index (Phi) is 6.07. The summed E-state index contributed by atoms with van der Waals surface area (Å²) in [6, 6.07) is -0.0426. The molecular weight excluding hydrogens is 257 g/mol. The summed E-state index contributed by atoms with van der Waals surface area (Å²) in [5.74, 6) is -0.417. The number of hydrogen-bond donors (Lipinski definition) is 2. The quantitative estimate of drug-likeness (QED) is 0.725. The Morgan fingerprint density at radius 3 is 2.88 bits per heavy atom. The van der Waals surface area contributed by atoms with Crippen molar-refractivity contribution in [1.82, 2.24) is 10.6 Å². The highest BCUT2D eigenvalue weighted by molar-refractivity contribution is 8.00. The van der Waals surface area contributed by atoms with Gasteiger partial charge in [0.2, 0.25) is 5.91 Å². The predicted molar refractivity (Wildman–Crippen MR) is 58.7 cm³/mol. The van der Waals surface area contributed by atoms with E-state index in [1.807, 2.05) is 0 Å². The third-order valence-corrected chi connectivity index (χ3v) is 2.86. The molecule has 4 nitrogen and oxygen atoms in total. The summed E-state index contributed by atoms with van der Waals surface area (Å²) in [5.41, 5.74) is -4.23. The highest BCUT2D eigenvalue weighted by Crippen LogP contribution is 2.29. The van der Waals surface area contributed by atoms with Crippen LogP contribution in [0.1, 0.15) is 6.42 Å². The Morgan fingerprint density at radius 1 is 1.53 bits per heavy atom. The van der Waals surface area contributed by atoms with Gasteiger partial charge in [-0.2, -0.15) is 13.2 Å². The van der Waals surface area contributed by atoms with Gasteiger partial charge in [-0.25, -0.2) is 0 Å². The van der Waals surface area contributed by atoms with E-state index in [1.54, 1.807) is 0 Å². The third-order valence-electron chi connectivity index (χ3n) is 2.12. The van der Waals surface area contributed by atoms with Gasteiger partial charge >= 0.3 is 5.51 Å². The van der Waals surface area contributed by atoms with Crippen LogP contribution >= 0.6 is 11.8 Å². The summed E-state index contributed by atoms with van der Waals surface area (Å²) in [6.45, 7) is 1.81. The minimum atomic E-state index is -4.23. The Hall–Kier alpha value is -0.470. The summed E-state index contributed by atoms with van der Waals surface area (Å²) in [7, 11) is 0. The Morgan fingerprint density at radius 2 is 2.29 bits per heavy atom. The molecule has 1 fully saturated rings. The molecule has 0 bridgehead atoms. The van der Waals surface area contributed by atoms with Gasteiger partial charge in [0, 0.05) is 31.3 Å². The molecular formula is C9H15F3N2O2S. The predicted octanol–water partition coefficient (Wildman–Crippen LogP) is 0.734. The topological polar surface area (TPSA) is 50.4 Å². The van der Waals surface area contributed by atoms with Crippen molar-refractivity contribution >= 4 is 17.7 Å². The van der Waals surface area contributed by atoms with Crippen LogP contribution in [0.15, 0.2) is 0 Å². The monoisotopic (exact) mass is 272 g/mol. The van der Waals surface area contributed by atoms with Crippen molar-refractivity contribution < 1.29 is 22.7 Å². The molecule has 0 radical (unpaired) electrons. The van der Waals surface area contributed by atoms with Gasteiger partial charge in [-0.3, -0.25) is 4.79 Å². The number of hydrogen-bond acceptors (Lipinski definition) is 4. The third kappa shape index (κ3) is 7.45. The van der Waals surface area contributed by atoms with Gasteiger partial charge in [0.25, 0.3) is 0 Å². The Bertz CT molecular complexity index is 245. The van der Waals surface area contributed by atoms with E-state index < -0.39 is 5.51 Å². The summed E-state index contributed by atoms with van der Waals surface area (Å²) in [6.07, 6.45) is 0.233. The van der Waals surface area contributed by atoms with Gasteiger partial charge in [0.15, 0.2) is 0 Å². The molecule has 0 aromatic carbocycles. The van der Waals surface area contributed by atoms with E-state index in [4.69, 9.17) is 4.74 Å². The van der Waals surface area contributed by atoms with Crippen molar-refractivity contribution in [2.45, 2.75) is 18.0 Å². The highest BCUT2D eigenvalue weighted by atomic mass is 32.2. The fourth-order valence-corrected chi connectivity index (χ4v) is 1.84. The van der Waals surface area contributed by atoms with Crippen LogP contribution in [-0.2, 0) is 9.53 Å². The first-order chi connectivity index (χ1) is 7.97. The first-order valence-electron chi connectivity index (χ1n) is 5.26. The molecule has 1 unspecified atom stereocenters. The van der Waals surface area contributed by atoms with E-state index in [9.17, 15) is 18.0 Å². The lowest BCUT2D eigenvalue weighted by Gasteiger charge is -2.23. The summed E-state index contributed by atoms with van der Waals surface area (Å²) in [5, 5.41) is 5.54. The number of carbonyl (C=O) groups excluding carboxylic acids is 1. The first kappa shape index (κ1) is 14.6. The van der Waals surface area contributed by atoms with Crippen molar-refractivity contribution in [3.8, 4) is 0 Å². The van der Waals surface area contributed by atoms with Gasteiger partial charge < -0.3 is 15.4 Å². The van der Waals surface area contributed by atoms with Crippen LogP contribution < -0.4 is 10.6 Å². The molecule has 0 aromatic heterocycles. The number of amides is 1. The van der Waals surface area contributed by atoms with Crippen LogP contribution in [0.25, 0.3) is 0 Å². The zero-order valence-electron chi connectivity index (χ0n) is 9.18. The number of ether oxygens (including phenoxy) is 1. The van der Waals surface area contributed by atoms with Crippen molar-refractivity contribution in [3.63, 3.8) is 0 Å². The zero-order valence-corrected chi connectivity index (χ0v) is 10.00. The van der Waals surface area contributed by atoms with Crippen LogP contribution in [0.2, 0.25) is 0 Å². The SMILES string of the molecule is O=C(CC1COCCN1)NCCSC(F)(F)F. The van der Waals surface area contributed by atoms with Gasteiger partial charge in [-0.05, 0) is 11.8 Å². The van der Waals surface area contributed by atoms with E-state index in [0.717, 1.165) is 0 Å². The number of morpholine rings is 1. The standard InChI is InChI=1S/C9H15F3N2O2S/c10-9(11,12)17-4-2-14-8(15)5-7-6-16-3-1-13-7/h7,13H,1-6H2,(H,14,15). The molecule has 1 rings (SSSR count). The molecule has 1 amide bonds. The summed E-state index contributed by atoms with van der Waals surface area (Å²) in [4.78, 5) is 11.3. The molecule has 2 N–H and O–H groups in total. The summed E-state index contributed by atoms with van der Waals surface area (Å²) >= 11 is -0.133. The number of rotatable bonds is 5. The van der Waals surface area contributed by atoms with E-state index >= 15 is 0 Å². The zero-order chi connectivity index (χ0) is 12.7. The summed E-state index contributed by atoms with van der Waals surface area (Å²) < 4.78 is 40.5. The van der Waals surface area contributed by atoms with Crippen LogP contribution in [0.5, 0.6) is 0 Å². The van der Waals surface area contributed by atoms with Gasteiger partial charge in [0.05, 0.1) is 13.2 Å². The van der Waals surface area contributed by atoms with Gasteiger partial charge in [0.1, 0.15) is 0 Å². The molecule has 0 aliphatic carbocycles. The van der Waals surface area contributed by atoms with E-state index in [1.165, 1.54) is 0 Å². The Balaban J connectivity index is 2.04. The van der Waals surface area contributed by atoms with Crippen molar-refractivity contribution in [2.75, 3.05) is 32.1 Å². The molecule has 100 valence electrons.